The SMILES string of the molecule is O=C(Nc1cccc(Cl)c1)N1CCN(C(=O)[C@@H]2COc3ccccc3O2)CC1. The Hall–Kier alpha value is -2.93. The number of ether oxygens (including phenoxy) is 2. The van der Waals surface area contributed by atoms with Crippen LogP contribution in [0.1, 0.15) is 0 Å². The van der Waals surface area contributed by atoms with Gasteiger partial charge in [0.1, 0.15) is 6.61 Å². The van der Waals surface area contributed by atoms with Gasteiger partial charge in [0.2, 0.25) is 6.10 Å². The van der Waals surface area contributed by atoms with Gasteiger partial charge in [-0.3, -0.25) is 4.79 Å². The number of halogens is 1. The van der Waals surface area contributed by atoms with Gasteiger partial charge >= 0.3 is 6.03 Å². The third-order valence-corrected chi connectivity index (χ3v) is 4.97. The van der Waals surface area contributed by atoms with E-state index in [2.05, 4.69) is 5.32 Å². The highest BCUT2D eigenvalue weighted by atomic mass is 35.5. The molecule has 4 rings (SSSR count). The lowest BCUT2D eigenvalue weighted by molar-refractivity contribution is -0.142. The summed E-state index contributed by atoms with van der Waals surface area (Å²) in [5.74, 6) is 1.10. The fourth-order valence-corrected chi connectivity index (χ4v) is 3.43. The van der Waals surface area contributed by atoms with Crippen molar-refractivity contribution >= 4 is 29.2 Å². The van der Waals surface area contributed by atoms with Crippen LogP contribution in [0.3, 0.4) is 0 Å². The van der Waals surface area contributed by atoms with Crippen LogP contribution in [0.25, 0.3) is 0 Å². The summed E-state index contributed by atoms with van der Waals surface area (Å²) >= 11 is 5.94. The molecule has 0 unspecified atom stereocenters. The molecule has 1 N–H and O–H groups in total. The summed E-state index contributed by atoms with van der Waals surface area (Å²) in [6, 6.07) is 14.1. The molecule has 0 radical (unpaired) electrons. The zero-order valence-corrected chi connectivity index (χ0v) is 15.9. The quantitative estimate of drug-likeness (QED) is 0.840. The van der Waals surface area contributed by atoms with Gasteiger partial charge in [0.15, 0.2) is 11.5 Å². The Balaban J connectivity index is 1.30. The first-order chi connectivity index (χ1) is 13.6. The van der Waals surface area contributed by atoms with Crippen molar-refractivity contribution in [1.29, 1.82) is 0 Å². The van der Waals surface area contributed by atoms with Crippen LogP contribution in [0.15, 0.2) is 48.5 Å². The summed E-state index contributed by atoms with van der Waals surface area (Å²) in [7, 11) is 0. The monoisotopic (exact) mass is 401 g/mol. The maximum Gasteiger partial charge on any atom is 0.321 e. The van der Waals surface area contributed by atoms with E-state index in [0.29, 0.717) is 48.4 Å². The van der Waals surface area contributed by atoms with E-state index in [0.717, 1.165) is 0 Å². The lowest BCUT2D eigenvalue weighted by atomic mass is 10.2. The van der Waals surface area contributed by atoms with Crippen molar-refractivity contribution in [2.24, 2.45) is 0 Å². The molecule has 3 amide bonds. The van der Waals surface area contributed by atoms with Gasteiger partial charge in [0.05, 0.1) is 0 Å². The molecule has 0 aromatic heterocycles. The molecule has 2 aromatic carbocycles. The van der Waals surface area contributed by atoms with Crippen molar-refractivity contribution in [1.82, 2.24) is 9.80 Å². The normalized spacial score (nSPS) is 18.5. The minimum Gasteiger partial charge on any atom is -0.485 e. The summed E-state index contributed by atoms with van der Waals surface area (Å²) in [5, 5.41) is 3.39. The van der Waals surface area contributed by atoms with E-state index < -0.39 is 6.10 Å². The van der Waals surface area contributed by atoms with Crippen LogP contribution < -0.4 is 14.8 Å². The topological polar surface area (TPSA) is 71.1 Å². The van der Waals surface area contributed by atoms with Crippen molar-refractivity contribution < 1.29 is 19.1 Å². The summed E-state index contributed by atoms with van der Waals surface area (Å²) in [4.78, 5) is 28.6. The van der Waals surface area contributed by atoms with Gasteiger partial charge in [-0.1, -0.05) is 29.8 Å². The number of rotatable bonds is 2. The van der Waals surface area contributed by atoms with E-state index in [-0.39, 0.29) is 18.5 Å². The van der Waals surface area contributed by atoms with Crippen LogP contribution in [-0.2, 0) is 4.79 Å². The van der Waals surface area contributed by atoms with Crippen molar-refractivity contribution in [2.45, 2.75) is 6.10 Å². The molecular weight excluding hydrogens is 382 g/mol. The Bertz CT molecular complexity index is 883. The van der Waals surface area contributed by atoms with E-state index in [1.807, 2.05) is 18.2 Å². The number of para-hydroxylation sites is 2. The predicted octanol–water partition coefficient (Wildman–Crippen LogP) is 2.86. The largest absolute Gasteiger partial charge is 0.485 e. The van der Waals surface area contributed by atoms with Crippen molar-refractivity contribution in [2.75, 3.05) is 38.1 Å². The first kappa shape index (κ1) is 18.4. The Morgan fingerprint density at radius 3 is 2.43 bits per heavy atom. The highest BCUT2D eigenvalue weighted by Crippen LogP contribution is 2.31. The van der Waals surface area contributed by atoms with Gasteiger partial charge in [0, 0.05) is 36.9 Å². The molecule has 0 saturated carbocycles. The molecule has 2 aliphatic rings. The van der Waals surface area contributed by atoms with Crippen molar-refractivity contribution in [3.63, 3.8) is 0 Å². The van der Waals surface area contributed by atoms with Crippen LogP contribution in [0.4, 0.5) is 10.5 Å². The first-order valence-corrected chi connectivity index (χ1v) is 9.47. The molecule has 1 fully saturated rings. The maximum absolute atomic E-state index is 12.8. The minimum atomic E-state index is -0.665. The lowest BCUT2D eigenvalue weighted by Crippen LogP contribution is -2.55. The molecule has 7 nitrogen and oxygen atoms in total. The highest BCUT2D eigenvalue weighted by molar-refractivity contribution is 6.30. The Morgan fingerprint density at radius 2 is 1.68 bits per heavy atom. The smallest absolute Gasteiger partial charge is 0.321 e. The number of urea groups is 1. The Kier molecular flexibility index (Phi) is 5.25. The van der Waals surface area contributed by atoms with Gasteiger partial charge in [-0.15, -0.1) is 0 Å². The third kappa shape index (κ3) is 3.99. The number of anilines is 1. The Morgan fingerprint density at radius 1 is 0.964 bits per heavy atom. The second kappa shape index (κ2) is 7.98. The fraction of sp³-hybridized carbons (Fsp3) is 0.300. The minimum absolute atomic E-state index is 0.121. The number of carbonyl (C=O) groups excluding carboxylic acids is 2. The number of benzene rings is 2. The van der Waals surface area contributed by atoms with Crippen LogP contribution in [0, 0.1) is 0 Å². The number of fused-ring (bicyclic) bond motifs is 1. The molecule has 146 valence electrons. The van der Waals surface area contributed by atoms with Gasteiger partial charge in [-0.2, -0.15) is 0 Å². The van der Waals surface area contributed by atoms with Crippen LogP contribution >= 0.6 is 11.6 Å². The number of piperazine rings is 1. The average molecular weight is 402 g/mol. The first-order valence-electron chi connectivity index (χ1n) is 9.09. The van der Waals surface area contributed by atoms with E-state index in [1.54, 1.807) is 40.1 Å². The standard InChI is InChI=1S/C20H20ClN3O4/c21-14-4-3-5-15(12-14)22-20(26)24-10-8-23(9-11-24)19(25)18-13-27-16-6-1-2-7-17(16)28-18/h1-7,12,18H,8-11,13H2,(H,22,26)/t18-/m0/s1. The maximum atomic E-state index is 12.8. The summed E-state index contributed by atoms with van der Waals surface area (Å²) in [5.41, 5.74) is 0.641. The van der Waals surface area contributed by atoms with Crippen LogP contribution in [0.2, 0.25) is 5.02 Å². The summed E-state index contributed by atoms with van der Waals surface area (Å²) in [6.45, 7) is 1.97. The second-order valence-corrected chi connectivity index (χ2v) is 7.05. The van der Waals surface area contributed by atoms with Crippen LogP contribution in [-0.4, -0.2) is 60.6 Å². The number of hydrogen-bond donors (Lipinski definition) is 1. The van der Waals surface area contributed by atoms with E-state index in [9.17, 15) is 9.59 Å². The number of amides is 3. The third-order valence-electron chi connectivity index (χ3n) is 4.74. The molecule has 0 aliphatic carbocycles. The zero-order valence-electron chi connectivity index (χ0n) is 15.1. The van der Waals surface area contributed by atoms with E-state index in [4.69, 9.17) is 21.1 Å². The molecule has 0 spiro atoms. The van der Waals surface area contributed by atoms with Crippen molar-refractivity contribution in [3.05, 3.63) is 53.6 Å². The van der Waals surface area contributed by atoms with Crippen molar-refractivity contribution in [3.8, 4) is 11.5 Å². The predicted molar refractivity (Wildman–Crippen MR) is 105 cm³/mol. The number of nitrogens with zero attached hydrogens (tertiary/aromatic N) is 2. The average Bonchev–Trinajstić information content (AvgIpc) is 2.73. The van der Waals surface area contributed by atoms with E-state index >= 15 is 0 Å². The van der Waals surface area contributed by atoms with E-state index in [1.165, 1.54) is 0 Å². The lowest BCUT2D eigenvalue weighted by Gasteiger charge is -2.37. The number of hydrogen-bond acceptors (Lipinski definition) is 4. The van der Waals surface area contributed by atoms with Crippen LogP contribution in [0.5, 0.6) is 11.5 Å². The molecule has 0 bridgehead atoms. The molecule has 2 aliphatic heterocycles. The van der Waals surface area contributed by atoms with Gasteiger partial charge in [-0.05, 0) is 30.3 Å². The molecular formula is C20H20ClN3O4. The number of nitrogens with one attached hydrogen (secondary N) is 1. The van der Waals surface area contributed by atoms with Gasteiger partial charge in [-0.25, -0.2) is 4.79 Å². The summed E-state index contributed by atoms with van der Waals surface area (Å²) < 4.78 is 11.4. The Labute approximate surface area is 167 Å². The van der Waals surface area contributed by atoms with Gasteiger partial charge < -0.3 is 24.6 Å². The zero-order chi connectivity index (χ0) is 19.5. The molecule has 1 atom stereocenters. The molecule has 28 heavy (non-hydrogen) atoms. The molecule has 2 aromatic rings. The van der Waals surface area contributed by atoms with Gasteiger partial charge in [0.25, 0.3) is 5.91 Å². The highest BCUT2D eigenvalue weighted by Gasteiger charge is 2.33. The second-order valence-electron chi connectivity index (χ2n) is 6.62. The number of carbonyl (C=O) groups is 2. The fourth-order valence-electron chi connectivity index (χ4n) is 3.24. The molecule has 2 heterocycles. The molecule has 1 saturated heterocycles. The summed E-state index contributed by atoms with van der Waals surface area (Å²) in [6.07, 6.45) is -0.665. The molecule has 8 heteroatoms.